The van der Waals surface area contributed by atoms with Crippen molar-refractivity contribution in [1.82, 2.24) is 9.97 Å². The third-order valence-corrected chi connectivity index (χ3v) is 1.21. The molecule has 0 spiro atoms. The average Bonchev–Trinajstić information content (AvgIpc) is 2.14. The van der Waals surface area contributed by atoms with Gasteiger partial charge in [-0.25, -0.2) is 4.98 Å². The number of imidazole rings is 1. The van der Waals surface area contributed by atoms with Crippen molar-refractivity contribution in [3.8, 4) is 6.07 Å². The Morgan fingerprint density at radius 2 is 2.62 bits per heavy atom. The highest BCUT2D eigenvalue weighted by Crippen LogP contribution is 1.96. The summed E-state index contributed by atoms with van der Waals surface area (Å²) in [4.78, 5) is 6.54. The first kappa shape index (κ1) is 5.56. The van der Waals surface area contributed by atoms with Crippen LogP contribution in [0.5, 0.6) is 0 Å². The molecule has 0 radical (unpaired) electrons. The lowest BCUT2D eigenvalue weighted by molar-refractivity contribution is 1.22. The Bertz CT molecular complexity index is 221. The summed E-state index contributed by atoms with van der Waals surface area (Å²) in [5.74, 6) is 0. The maximum Gasteiger partial charge on any atom is 0.169 e. The van der Waals surface area contributed by atoms with E-state index in [0.29, 0.717) is 5.69 Å². The van der Waals surface area contributed by atoms with Crippen molar-refractivity contribution in [1.29, 1.82) is 5.26 Å². The number of aromatic amines is 1. The SMILES string of the molecule is N#Cc1cnc(I)[nH]1. The fourth-order valence-corrected chi connectivity index (χ4v) is 0.784. The van der Waals surface area contributed by atoms with Gasteiger partial charge in [0.15, 0.2) is 3.83 Å². The molecule has 0 aliphatic carbocycles. The zero-order valence-corrected chi connectivity index (χ0v) is 6.01. The van der Waals surface area contributed by atoms with Crippen LogP contribution in [-0.4, -0.2) is 9.97 Å². The maximum atomic E-state index is 8.23. The monoisotopic (exact) mass is 219 g/mol. The molecular formula is C4H2IN3. The number of nitrogens with one attached hydrogen (secondary N) is 1. The summed E-state index contributed by atoms with van der Waals surface area (Å²) in [6, 6.07) is 1.92. The van der Waals surface area contributed by atoms with Gasteiger partial charge in [0.25, 0.3) is 0 Å². The molecule has 3 nitrogen and oxygen atoms in total. The average molecular weight is 219 g/mol. The lowest BCUT2D eigenvalue weighted by Gasteiger charge is -1.70. The molecule has 0 saturated heterocycles. The van der Waals surface area contributed by atoms with Crippen LogP contribution < -0.4 is 0 Å². The fraction of sp³-hybridized carbons (Fsp3) is 0. The van der Waals surface area contributed by atoms with E-state index in [-0.39, 0.29) is 0 Å². The predicted octanol–water partition coefficient (Wildman–Crippen LogP) is 0.886. The highest BCUT2D eigenvalue weighted by atomic mass is 127. The van der Waals surface area contributed by atoms with Gasteiger partial charge in [0, 0.05) is 0 Å². The number of aromatic nitrogens is 2. The van der Waals surface area contributed by atoms with Gasteiger partial charge < -0.3 is 4.98 Å². The molecule has 0 unspecified atom stereocenters. The highest BCUT2D eigenvalue weighted by Gasteiger charge is 1.91. The van der Waals surface area contributed by atoms with Gasteiger partial charge in [-0.15, -0.1) is 0 Å². The highest BCUT2D eigenvalue weighted by molar-refractivity contribution is 14.1. The van der Waals surface area contributed by atoms with Crippen LogP contribution >= 0.6 is 22.6 Å². The second kappa shape index (κ2) is 2.13. The van der Waals surface area contributed by atoms with Crippen molar-refractivity contribution in [2.75, 3.05) is 0 Å². The normalized spacial score (nSPS) is 8.50. The Morgan fingerprint density at radius 3 is 2.88 bits per heavy atom. The fourth-order valence-electron chi connectivity index (χ4n) is 0.354. The van der Waals surface area contributed by atoms with Crippen LogP contribution in [0.15, 0.2) is 6.20 Å². The minimum absolute atomic E-state index is 0.509. The van der Waals surface area contributed by atoms with E-state index < -0.39 is 0 Å². The molecule has 8 heavy (non-hydrogen) atoms. The van der Waals surface area contributed by atoms with Crippen LogP contribution in [0.1, 0.15) is 5.69 Å². The van der Waals surface area contributed by atoms with Crippen LogP contribution in [-0.2, 0) is 0 Å². The summed E-state index contributed by atoms with van der Waals surface area (Å²) < 4.78 is 0.749. The van der Waals surface area contributed by atoms with Crippen LogP contribution in [0, 0.1) is 15.2 Å². The van der Waals surface area contributed by atoms with Crippen molar-refractivity contribution in [3.05, 3.63) is 15.7 Å². The van der Waals surface area contributed by atoms with E-state index >= 15 is 0 Å². The summed E-state index contributed by atoms with van der Waals surface area (Å²) >= 11 is 2.01. The first-order valence-corrected chi connectivity index (χ1v) is 3.01. The lowest BCUT2D eigenvalue weighted by atomic mass is 10.6. The molecule has 0 atom stereocenters. The van der Waals surface area contributed by atoms with Crippen LogP contribution in [0.2, 0.25) is 0 Å². The summed E-state index contributed by atoms with van der Waals surface area (Å²) in [7, 11) is 0. The maximum absolute atomic E-state index is 8.23. The molecule has 0 bridgehead atoms. The van der Waals surface area contributed by atoms with Crippen LogP contribution in [0.4, 0.5) is 0 Å². The molecule has 0 aliphatic heterocycles. The Morgan fingerprint density at radius 1 is 1.88 bits per heavy atom. The zero-order valence-electron chi connectivity index (χ0n) is 3.85. The van der Waals surface area contributed by atoms with Gasteiger partial charge in [-0.05, 0) is 22.6 Å². The molecule has 0 aromatic carbocycles. The molecule has 40 valence electrons. The minimum atomic E-state index is 0.509. The summed E-state index contributed by atoms with van der Waals surface area (Å²) in [5, 5.41) is 8.23. The van der Waals surface area contributed by atoms with Gasteiger partial charge in [-0.1, -0.05) is 0 Å². The Balaban J connectivity index is 3.05. The molecule has 1 rings (SSSR count). The standard InChI is InChI=1S/C4H2IN3/c5-4-7-2-3(1-6)8-4/h2H,(H,7,8). The third-order valence-electron chi connectivity index (χ3n) is 0.665. The second-order valence-electron chi connectivity index (χ2n) is 1.20. The van der Waals surface area contributed by atoms with Gasteiger partial charge in [-0.2, -0.15) is 5.26 Å². The number of halogens is 1. The van der Waals surface area contributed by atoms with Crippen molar-refractivity contribution in [2.24, 2.45) is 0 Å². The van der Waals surface area contributed by atoms with E-state index in [1.807, 2.05) is 28.7 Å². The van der Waals surface area contributed by atoms with Crippen molar-refractivity contribution >= 4 is 22.6 Å². The molecule has 0 fully saturated rings. The van der Waals surface area contributed by atoms with Crippen LogP contribution in [0.25, 0.3) is 0 Å². The molecule has 1 aromatic heterocycles. The summed E-state index contributed by atoms with van der Waals surface area (Å²) in [6.45, 7) is 0. The molecule has 0 aliphatic rings. The number of rotatable bonds is 0. The number of hydrogen-bond acceptors (Lipinski definition) is 2. The van der Waals surface area contributed by atoms with Gasteiger partial charge in [-0.3, -0.25) is 0 Å². The Hall–Kier alpha value is -0.570. The van der Waals surface area contributed by atoms with E-state index in [9.17, 15) is 0 Å². The van der Waals surface area contributed by atoms with Gasteiger partial charge >= 0.3 is 0 Å². The molecule has 4 heteroatoms. The Labute approximate surface area is 59.9 Å². The summed E-state index contributed by atoms with van der Waals surface area (Å²) in [5.41, 5.74) is 0.509. The molecule has 1 N–H and O–H groups in total. The summed E-state index contributed by atoms with van der Waals surface area (Å²) in [6.07, 6.45) is 1.50. The number of nitriles is 1. The van der Waals surface area contributed by atoms with Gasteiger partial charge in [0.05, 0.1) is 6.20 Å². The van der Waals surface area contributed by atoms with Crippen molar-refractivity contribution < 1.29 is 0 Å². The molecule has 1 heterocycles. The van der Waals surface area contributed by atoms with E-state index in [2.05, 4.69) is 9.97 Å². The number of nitrogens with zero attached hydrogens (tertiary/aromatic N) is 2. The van der Waals surface area contributed by atoms with E-state index in [1.165, 1.54) is 6.20 Å². The molecule has 0 saturated carbocycles. The predicted molar refractivity (Wildman–Crippen MR) is 36.0 cm³/mol. The van der Waals surface area contributed by atoms with E-state index in [4.69, 9.17) is 5.26 Å². The third kappa shape index (κ3) is 0.980. The molecular weight excluding hydrogens is 217 g/mol. The molecule has 1 aromatic rings. The smallest absolute Gasteiger partial charge is 0.169 e. The van der Waals surface area contributed by atoms with Crippen LogP contribution in [0.3, 0.4) is 0 Å². The largest absolute Gasteiger partial charge is 0.325 e. The minimum Gasteiger partial charge on any atom is -0.325 e. The van der Waals surface area contributed by atoms with Gasteiger partial charge in [0.2, 0.25) is 0 Å². The van der Waals surface area contributed by atoms with Crippen molar-refractivity contribution in [3.63, 3.8) is 0 Å². The lowest BCUT2D eigenvalue weighted by Crippen LogP contribution is -1.70. The molecule has 0 amide bonds. The second-order valence-corrected chi connectivity index (χ2v) is 2.22. The van der Waals surface area contributed by atoms with Crippen molar-refractivity contribution in [2.45, 2.75) is 0 Å². The number of H-pyrrole nitrogens is 1. The Kier molecular flexibility index (Phi) is 1.48. The number of hydrogen-bond donors (Lipinski definition) is 1. The first-order chi connectivity index (χ1) is 3.83. The topological polar surface area (TPSA) is 52.5 Å². The van der Waals surface area contributed by atoms with Gasteiger partial charge in [0.1, 0.15) is 11.8 Å². The first-order valence-electron chi connectivity index (χ1n) is 1.93. The quantitative estimate of drug-likeness (QED) is 0.658. The zero-order chi connectivity index (χ0) is 5.98. The van der Waals surface area contributed by atoms with E-state index in [0.717, 1.165) is 3.83 Å². The van der Waals surface area contributed by atoms with E-state index in [1.54, 1.807) is 0 Å².